The first-order chi connectivity index (χ1) is 11.7. The SMILES string of the molecule is COc1ccc(C)cc1NC(=O)N1CCCCC[C@@H]1c1cccs1. The van der Waals surface area contributed by atoms with E-state index in [4.69, 9.17) is 4.74 Å². The lowest BCUT2D eigenvalue weighted by Crippen LogP contribution is -2.37. The summed E-state index contributed by atoms with van der Waals surface area (Å²) in [6.07, 6.45) is 4.43. The van der Waals surface area contributed by atoms with Crippen LogP contribution in [0.2, 0.25) is 0 Å². The molecule has 0 bridgehead atoms. The van der Waals surface area contributed by atoms with E-state index in [1.807, 2.05) is 30.0 Å². The standard InChI is InChI=1S/C19H24N2O2S/c1-14-9-10-17(23-2)15(13-14)20-19(22)21-11-5-3-4-7-16(21)18-8-6-12-24-18/h6,8-10,12-13,16H,3-5,7,11H2,1-2H3,(H,20,22)/t16-/m1/s1. The number of nitrogens with one attached hydrogen (secondary N) is 1. The maximum atomic E-state index is 13.0. The van der Waals surface area contributed by atoms with E-state index < -0.39 is 0 Å². The van der Waals surface area contributed by atoms with Crippen molar-refractivity contribution in [3.8, 4) is 5.75 Å². The maximum absolute atomic E-state index is 13.0. The lowest BCUT2D eigenvalue weighted by atomic mass is 10.1. The largest absolute Gasteiger partial charge is 0.495 e. The summed E-state index contributed by atoms with van der Waals surface area (Å²) in [6.45, 7) is 2.80. The third-order valence-electron chi connectivity index (χ3n) is 4.48. The molecule has 1 aliphatic rings. The molecule has 0 radical (unpaired) electrons. The third kappa shape index (κ3) is 3.73. The molecule has 1 N–H and O–H groups in total. The lowest BCUT2D eigenvalue weighted by molar-refractivity contribution is 0.190. The molecule has 1 fully saturated rings. The van der Waals surface area contributed by atoms with Crippen molar-refractivity contribution in [2.45, 2.75) is 38.6 Å². The summed E-state index contributed by atoms with van der Waals surface area (Å²) in [5, 5.41) is 5.14. The predicted molar refractivity (Wildman–Crippen MR) is 99.0 cm³/mol. The Morgan fingerprint density at radius 2 is 2.17 bits per heavy atom. The molecular weight excluding hydrogens is 320 g/mol. The van der Waals surface area contributed by atoms with Crippen molar-refractivity contribution in [1.82, 2.24) is 4.90 Å². The summed E-state index contributed by atoms with van der Waals surface area (Å²) in [6, 6.07) is 10.1. The van der Waals surface area contributed by atoms with Crippen LogP contribution >= 0.6 is 11.3 Å². The highest BCUT2D eigenvalue weighted by atomic mass is 32.1. The predicted octanol–water partition coefficient (Wildman–Crippen LogP) is 5.21. The number of benzene rings is 1. The van der Waals surface area contributed by atoms with Gasteiger partial charge in [0.05, 0.1) is 18.8 Å². The molecular formula is C19H24N2O2S. The first kappa shape index (κ1) is 16.8. The van der Waals surface area contributed by atoms with Crippen LogP contribution in [0.3, 0.4) is 0 Å². The van der Waals surface area contributed by atoms with Gasteiger partial charge >= 0.3 is 6.03 Å². The number of anilines is 1. The van der Waals surface area contributed by atoms with E-state index in [1.165, 1.54) is 17.7 Å². The zero-order valence-corrected chi connectivity index (χ0v) is 15.1. The number of carbonyl (C=O) groups is 1. The number of hydrogen-bond donors (Lipinski definition) is 1. The van der Waals surface area contributed by atoms with E-state index in [2.05, 4.69) is 22.8 Å². The molecule has 1 aromatic heterocycles. The van der Waals surface area contributed by atoms with Gasteiger partial charge in [0.2, 0.25) is 0 Å². The van der Waals surface area contributed by atoms with Gasteiger partial charge in [0.25, 0.3) is 0 Å². The monoisotopic (exact) mass is 344 g/mol. The van der Waals surface area contributed by atoms with Crippen molar-refractivity contribution in [2.75, 3.05) is 19.0 Å². The Bertz CT molecular complexity index is 685. The number of ether oxygens (including phenoxy) is 1. The molecule has 5 heteroatoms. The summed E-state index contributed by atoms with van der Waals surface area (Å²) in [7, 11) is 1.63. The number of thiophene rings is 1. The zero-order valence-electron chi connectivity index (χ0n) is 14.2. The fourth-order valence-corrected chi connectivity index (χ4v) is 4.11. The van der Waals surface area contributed by atoms with Gasteiger partial charge in [-0.3, -0.25) is 0 Å². The van der Waals surface area contributed by atoms with Crippen LogP contribution in [0.25, 0.3) is 0 Å². The van der Waals surface area contributed by atoms with Gasteiger partial charge < -0.3 is 15.0 Å². The molecule has 1 saturated heterocycles. The first-order valence-electron chi connectivity index (χ1n) is 8.44. The number of hydrogen-bond acceptors (Lipinski definition) is 3. The van der Waals surface area contributed by atoms with Crippen LogP contribution in [-0.2, 0) is 0 Å². The smallest absolute Gasteiger partial charge is 0.322 e. The number of aryl methyl sites for hydroxylation is 1. The number of carbonyl (C=O) groups excluding carboxylic acids is 1. The Hall–Kier alpha value is -2.01. The number of amides is 2. The van der Waals surface area contributed by atoms with Gasteiger partial charge in [-0.15, -0.1) is 11.3 Å². The van der Waals surface area contributed by atoms with Crippen LogP contribution in [0.1, 0.15) is 42.2 Å². The minimum Gasteiger partial charge on any atom is -0.495 e. The van der Waals surface area contributed by atoms with Gasteiger partial charge in [-0.2, -0.15) is 0 Å². The molecule has 2 heterocycles. The molecule has 2 amide bonds. The van der Waals surface area contributed by atoms with Crippen LogP contribution in [0.15, 0.2) is 35.7 Å². The number of methoxy groups -OCH3 is 1. The fourth-order valence-electron chi connectivity index (χ4n) is 3.23. The number of rotatable bonds is 3. The second-order valence-electron chi connectivity index (χ2n) is 6.21. The molecule has 4 nitrogen and oxygen atoms in total. The summed E-state index contributed by atoms with van der Waals surface area (Å²) < 4.78 is 5.38. The van der Waals surface area contributed by atoms with Crippen molar-refractivity contribution >= 4 is 23.1 Å². The Labute approximate surface area is 147 Å². The van der Waals surface area contributed by atoms with E-state index in [0.29, 0.717) is 5.75 Å². The third-order valence-corrected chi connectivity index (χ3v) is 5.46. The zero-order chi connectivity index (χ0) is 16.9. The van der Waals surface area contributed by atoms with Crippen LogP contribution in [0, 0.1) is 6.92 Å². The second kappa shape index (κ2) is 7.71. The normalized spacial score (nSPS) is 18.1. The highest BCUT2D eigenvalue weighted by Gasteiger charge is 2.27. The van der Waals surface area contributed by atoms with Gasteiger partial charge in [0, 0.05) is 11.4 Å². The highest BCUT2D eigenvalue weighted by molar-refractivity contribution is 7.10. The van der Waals surface area contributed by atoms with Crippen LogP contribution in [-0.4, -0.2) is 24.6 Å². The van der Waals surface area contributed by atoms with Crippen LogP contribution in [0.4, 0.5) is 10.5 Å². The van der Waals surface area contributed by atoms with Crippen molar-refractivity contribution in [1.29, 1.82) is 0 Å². The average molecular weight is 344 g/mol. The molecule has 128 valence electrons. The molecule has 0 aliphatic carbocycles. The van der Waals surface area contributed by atoms with E-state index in [1.54, 1.807) is 18.4 Å². The highest BCUT2D eigenvalue weighted by Crippen LogP contribution is 2.34. The Morgan fingerprint density at radius 1 is 1.29 bits per heavy atom. The van der Waals surface area contributed by atoms with E-state index >= 15 is 0 Å². The Balaban J connectivity index is 1.82. The van der Waals surface area contributed by atoms with Gasteiger partial charge in [-0.25, -0.2) is 4.79 Å². The second-order valence-corrected chi connectivity index (χ2v) is 7.19. The van der Waals surface area contributed by atoms with Gasteiger partial charge in [-0.05, 0) is 48.9 Å². The van der Waals surface area contributed by atoms with E-state index in [0.717, 1.165) is 30.6 Å². The minimum absolute atomic E-state index is 0.0424. The minimum atomic E-state index is -0.0424. The molecule has 1 aromatic carbocycles. The van der Waals surface area contributed by atoms with Gasteiger partial charge in [-0.1, -0.05) is 25.0 Å². The maximum Gasteiger partial charge on any atom is 0.322 e. The summed E-state index contributed by atoms with van der Waals surface area (Å²) in [4.78, 5) is 16.2. The first-order valence-corrected chi connectivity index (χ1v) is 9.32. The number of likely N-dealkylation sites (tertiary alicyclic amines) is 1. The molecule has 2 aromatic rings. The summed E-state index contributed by atoms with van der Waals surface area (Å²) in [5.41, 5.74) is 1.83. The van der Waals surface area contributed by atoms with Crippen molar-refractivity contribution in [3.63, 3.8) is 0 Å². The number of urea groups is 1. The van der Waals surface area contributed by atoms with E-state index in [9.17, 15) is 4.79 Å². The lowest BCUT2D eigenvalue weighted by Gasteiger charge is -2.29. The van der Waals surface area contributed by atoms with Crippen LogP contribution < -0.4 is 10.1 Å². The topological polar surface area (TPSA) is 41.6 Å². The molecule has 0 saturated carbocycles. The van der Waals surface area contributed by atoms with E-state index in [-0.39, 0.29) is 12.1 Å². The molecule has 3 rings (SSSR count). The molecule has 0 unspecified atom stereocenters. The van der Waals surface area contributed by atoms with Crippen molar-refractivity contribution in [3.05, 3.63) is 46.2 Å². The Kier molecular flexibility index (Phi) is 5.41. The van der Waals surface area contributed by atoms with Crippen molar-refractivity contribution < 1.29 is 9.53 Å². The van der Waals surface area contributed by atoms with Gasteiger partial charge in [0.1, 0.15) is 5.75 Å². The summed E-state index contributed by atoms with van der Waals surface area (Å²) in [5.74, 6) is 0.691. The van der Waals surface area contributed by atoms with Crippen LogP contribution in [0.5, 0.6) is 5.75 Å². The molecule has 24 heavy (non-hydrogen) atoms. The molecule has 1 atom stereocenters. The fraction of sp³-hybridized carbons (Fsp3) is 0.421. The Morgan fingerprint density at radius 3 is 2.92 bits per heavy atom. The molecule has 1 aliphatic heterocycles. The molecule has 0 spiro atoms. The number of nitrogens with zero attached hydrogens (tertiary/aromatic N) is 1. The average Bonchev–Trinajstić information content (AvgIpc) is 2.99. The van der Waals surface area contributed by atoms with Crippen molar-refractivity contribution in [2.24, 2.45) is 0 Å². The quantitative estimate of drug-likeness (QED) is 0.830. The summed E-state index contributed by atoms with van der Waals surface area (Å²) >= 11 is 1.73. The van der Waals surface area contributed by atoms with Gasteiger partial charge in [0.15, 0.2) is 0 Å².